The molecule has 0 fully saturated rings. The Morgan fingerprint density at radius 1 is 0.781 bits per heavy atom. The van der Waals surface area contributed by atoms with Gasteiger partial charge in [-0.05, 0) is 48.5 Å². The first kappa shape index (κ1) is 22.5. The van der Waals surface area contributed by atoms with Crippen molar-refractivity contribution in [1.82, 2.24) is 0 Å². The number of rotatable bonds is 5. The van der Waals surface area contributed by atoms with Crippen LogP contribution in [-0.4, -0.2) is 17.8 Å². The van der Waals surface area contributed by atoms with Crippen molar-refractivity contribution < 1.29 is 32.3 Å². The van der Waals surface area contributed by atoms with Crippen LogP contribution in [0.4, 0.5) is 24.5 Å². The first-order valence-electron chi connectivity index (χ1n) is 9.31. The Morgan fingerprint density at radius 3 is 2.06 bits per heavy atom. The van der Waals surface area contributed by atoms with E-state index < -0.39 is 35.1 Å². The predicted octanol–water partition coefficient (Wildman–Crippen LogP) is 5.14. The molecular weight excluding hydrogens is 425 g/mol. The van der Waals surface area contributed by atoms with E-state index in [4.69, 9.17) is 4.74 Å². The van der Waals surface area contributed by atoms with Crippen LogP contribution in [0.2, 0.25) is 0 Å². The Morgan fingerprint density at radius 2 is 1.41 bits per heavy atom. The quantitative estimate of drug-likeness (QED) is 0.424. The van der Waals surface area contributed by atoms with Crippen LogP contribution in [0.5, 0.6) is 5.75 Å². The van der Waals surface area contributed by atoms with Crippen molar-refractivity contribution in [1.29, 1.82) is 0 Å². The Labute approximate surface area is 181 Å². The zero-order chi connectivity index (χ0) is 23.3. The van der Waals surface area contributed by atoms with Crippen LogP contribution in [0, 0.1) is 0 Å². The molecule has 0 aliphatic rings. The van der Waals surface area contributed by atoms with E-state index in [0.29, 0.717) is 5.69 Å². The van der Waals surface area contributed by atoms with Crippen molar-refractivity contribution >= 4 is 29.2 Å². The van der Waals surface area contributed by atoms with Crippen molar-refractivity contribution in [2.75, 3.05) is 10.6 Å². The summed E-state index contributed by atoms with van der Waals surface area (Å²) in [6, 6.07) is 16.4. The van der Waals surface area contributed by atoms with E-state index in [1.54, 1.807) is 12.1 Å². The minimum Gasteiger partial charge on any atom is -0.427 e. The zero-order valence-corrected chi connectivity index (χ0v) is 16.7. The summed E-state index contributed by atoms with van der Waals surface area (Å²) in [5.41, 5.74) is -0.850. The van der Waals surface area contributed by atoms with Crippen LogP contribution in [-0.2, 0) is 11.0 Å². The van der Waals surface area contributed by atoms with Gasteiger partial charge < -0.3 is 15.4 Å². The smallest absolute Gasteiger partial charge is 0.417 e. The highest BCUT2D eigenvalue weighted by Crippen LogP contribution is 2.32. The van der Waals surface area contributed by atoms with Crippen molar-refractivity contribution in [3.05, 3.63) is 89.5 Å². The SMILES string of the molecule is CC(=O)Oc1cccc(C(=O)Nc2cccc(NC(=O)c3ccccc3C(F)(F)F)c2)c1. The number of benzene rings is 3. The molecule has 0 heterocycles. The van der Waals surface area contributed by atoms with Gasteiger partial charge in [-0.2, -0.15) is 13.2 Å². The van der Waals surface area contributed by atoms with Crippen LogP contribution in [0.3, 0.4) is 0 Å². The molecule has 2 amide bonds. The molecule has 0 unspecified atom stereocenters. The molecular formula is C23H17F3N2O4. The minimum absolute atomic E-state index is 0.193. The Kier molecular flexibility index (Phi) is 6.58. The lowest BCUT2D eigenvalue weighted by molar-refractivity contribution is -0.138. The fraction of sp³-hybridized carbons (Fsp3) is 0.0870. The summed E-state index contributed by atoms with van der Waals surface area (Å²) >= 11 is 0. The number of anilines is 2. The van der Waals surface area contributed by atoms with Crippen LogP contribution in [0.1, 0.15) is 33.2 Å². The lowest BCUT2D eigenvalue weighted by Crippen LogP contribution is -2.18. The highest BCUT2D eigenvalue weighted by molar-refractivity contribution is 6.07. The summed E-state index contributed by atoms with van der Waals surface area (Å²) in [6.07, 6.45) is -4.68. The van der Waals surface area contributed by atoms with Gasteiger partial charge in [-0.3, -0.25) is 14.4 Å². The third-order valence-electron chi connectivity index (χ3n) is 4.21. The average Bonchev–Trinajstić information content (AvgIpc) is 2.73. The Balaban J connectivity index is 1.75. The summed E-state index contributed by atoms with van der Waals surface area (Å²) in [7, 11) is 0. The normalized spacial score (nSPS) is 10.9. The highest BCUT2D eigenvalue weighted by Gasteiger charge is 2.34. The van der Waals surface area contributed by atoms with Gasteiger partial charge in [-0.25, -0.2) is 0 Å². The molecule has 0 atom stereocenters. The number of esters is 1. The topological polar surface area (TPSA) is 84.5 Å². The van der Waals surface area contributed by atoms with Gasteiger partial charge >= 0.3 is 12.1 Å². The maximum atomic E-state index is 13.2. The molecule has 0 saturated heterocycles. The second kappa shape index (κ2) is 9.34. The molecule has 0 aliphatic carbocycles. The Bertz CT molecular complexity index is 1180. The van der Waals surface area contributed by atoms with Gasteiger partial charge in [0, 0.05) is 23.9 Å². The van der Waals surface area contributed by atoms with Crippen LogP contribution >= 0.6 is 0 Å². The van der Waals surface area contributed by atoms with Crippen molar-refractivity contribution in [2.24, 2.45) is 0 Å². The van der Waals surface area contributed by atoms with Gasteiger partial charge in [0.15, 0.2) is 0 Å². The summed E-state index contributed by atoms with van der Waals surface area (Å²) < 4.78 is 44.4. The number of halogens is 3. The maximum Gasteiger partial charge on any atom is 0.417 e. The first-order chi connectivity index (χ1) is 15.1. The van der Waals surface area contributed by atoms with E-state index in [2.05, 4.69) is 10.6 Å². The number of carbonyl (C=O) groups excluding carboxylic acids is 3. The first-order valence-corrected chi connectivity index (χ1v) is 9.31. The molecule has 0 aliphatic heterocycles. The molecule has 3 aromatic rings. The molecule has 0 bridgehead atoms. The second-order valence-electron chi connectivity index (χ2n) is 6.65. The fourth-order valence-corrected chi connectivity index (χ4v) is 2.87. The molecule has 0 aromatic heterocycles. The molecule has 3 rings (SSSR count). The number of carbonyl (C=O) groups is 3. The third-order valence-corrected chi connectivity index (χ3v) is 4.21. The molecule has 3 aromatic carbocycles. The molecule has 0 saturated carbocycles. The second-order valence-corrected chi connectivity index (χ2v) is 6.65. The standard InChI is InChI=1S/C23H17F3N2O4/c1-14(29)32-18-9-4-6-15(12-18)21(30)27-16-7-5-8-17(13-16)28-22(31)19-10-2-3-11-20(19)23(24,25)26/h2-13H,1H3,(H,27,30)(H,28,31). The molecule has 0 radical (unpaired) electrons. The zero-order valence-electron chi connectivity index (χ0n) is 16.7. The van der Waals surface area contributed by atoms with Crippen molar-refractivity contribution in [3.63, 3.8) is 0 Å². The van der Waals surface area contributed by atoms with Gasteiger partial charge in [0.25, 0.3) is 11.8 Å². The Hall–Kier alpha value is -4.14. The molecule has 164 valence electrons. The van der Waals surface area contributed by atoms with Gasteiger partial charge in [0.1, 0.15) is 5.75 Å². The molecule has 32 heavy (non-hydrogen) atoms. The predicted molar refractivity (Wildman–Crippen MR) is 112 cm³/mol. The number of hydrogen-bond acceptors (Lipinski definition) is 4. The number of hydrogen-bond donors (Lipinski definition) is 2. The van der Waals surface area contributed by atoms with Gasteiger partial charge in [0.05, 0.1) is 11.1 Å². The summed E-state index contributed by atoms with van der Waals surface area (Å²) in [6.45, 7) is 1.24. The summed E-state index contributed by atoms with van der Waals surface area (Å²) in [5, 5.41) is 5.02. The summed E-state index contributed by atoms with van der Waals surface area (Å²) in [5.74, 6) is -1.77. The minimum atomic E-state index is -4.68. The number of ether oxygens (including phenoxy) is 1. The number of alkyl halides is 3. The van der Waals surface area contributed by atoms with Crippen molar-refractivity contribution in [2.45, 2.75) is 13.1 Å². The van der Waals surface area contributed by atoms with Crippen LogP contribution < -0.4 is 15.4 Å². The molecule has 6 nitrogen and oxygen atoms in total. The van der Waals surface area contributed by atoms with Gasteiger partial charge in [-0.1, -0.05) is 24.3 Å². The third kappa shape index (κ3) is 5.72. The summed E-state index contributed by atoms with van der Waals surface area (Å²) in [4.78, 5) is 36.0. The van der Waals surface area contributed by atoms with E-state index in [-0.39, 0.29) is 17.0 Å². The largest absolute Gasteiger partial charge is 0.427 e. The van der Waals surface area contributed by atoms with Gasteiger partial charge in [-0.15, -0.1) is 0 Å². The fourth-order valence-electron chi connectivity index (χ4n) is 2.87. The monoisotopic (exact) mass is 442 g/mol. The number of amides is 2. The van der Waals surface area contributed by atoms with E-state index in [0.717, 1.165) is 12.1 Å². The lowest BCUT2D eigenvalue weighted by atomic mass is 10.1. The van der Waals surface area contributed by atoms with E-state index in [9.17, 15) is 27.6 Å². The van der Waals surface area contributed by atoms with Crippen LogP contribution in [0.15, 0.2) is 72.8 Å². The van der Waals surface area contributed by atoms with E-state index >= 15 is 0 Å². The van der Waals surface area contributed by atoms with Crippen molar-refractivity contribution in [3.8, 4) is 5.75 Å². The molecule has 2 N–H and O–H groups in total. The van der Waals surface area contributed by atoms with Crippen LogP contribution in [0.25, 0.3) is 0 Å². The lowest BCUT2D eigenvalue weighted by Gasteiger charge is -2.13. The van der Waals surface area contributed by atoms with E-state index in [1.165, 1.54) is 55.5 Å². The molecule has 0 spiro atoms. The highest BCUT2D eigenvalue weighted by atomic mass is 19.4. The van der Waals surface area contributed by atoms with Gasteiger partial charge in [0.2, 0.25) is 0 Å². The maximum absolute atomic E-state index is 13.2. The number of nitrogens with one attached hydrogen (secondary N) is 2. The average molecular weight is 442 g/mol. The molecule has 9 heteroatoms. The van der Waals surface area contributed by atoms with E-state index in [1.807, 2.05) is 0 Å².